The molecule has 1 N–H and O–H groups in total. The van der Waals surface area contributed by atoms with E-state index in [4.69, 9.17) is 5.26 Å². The summed E-state index contributed by atoms with van der Waals surface area (Å²) in [6.45, 7) is 0. The van der Waals surface area contributed by atoms with Crippen LogP contribution in [-0.2, 0) is 11.8 Å². The second-order valence-corrected chi connectivity index (χ2v) is 3.32. The molecule has 0 unspecified atom stereocenters. The van der Waals surface area contributed by atoms with Crippen LogP contribution in [0.25, 0.3) is 0 Å². The lowest BCUT2D eigenvalue weighted by Crippen LogP contribution is -2.02. The van der Waals surface area contributed by atoms with Gasteiger partial charge in [-0.1, -0.05) is 15.9 Å². The average molecular weight is 277 g/mol. The molecule has 80 valence electrons. The number of pyridine rings is 1. The van der Waals surface area contributed by atoms with Gasteiger partial charge in [-0.3, -0.25) is 4.98 Å². The van der Waals surface area contributed by atoms with Gasteiger partial charge >= 0.3 is 0 Å². The van der Waals surface area contributed by atoms with Crippen molar-refractivity contribution in [3.05, 3.63) is 23.0 Å². The summed E-state index contributed by atoms with van der Waals surface area (Å²) >= 11 is 3.04. The van der Waals surface area contributed by atoms with Crippen LogP contribution in [0.2, 0.25) is 0 Å². The van der Waals surface area contributed by atoms with Crippen LogP contribution in [0.5, 0.6) is 5.75 Å². The molecule has 0 bridgehead atoms. The smallest absolute Gasteiger partial charge is 0.280 e. The molecule has 1 aromatic rings. The summed E-state index contributed by atoms with van der Waals surface area (Å²) in [5.41, 5.74) is 0.00106. The molecule has 6 heteroatoms. The lowest BCUT2D eigenvalue weighted by atomic mass is 10.0. The zero-order valence-electron chi connectivity index (χ0n) is 7.54. The van der Waals surface area contributed by atoms with Crippen molar-refractivity contribution in [1.29, 1.82) is 5.26 Å². The highest BCUT2D eigenvalue weighted by atomic mass is 79.9. The van der Waals surface area contributed by atoms with Gasteiger partial charge < -0.3 is 5.11 Å². The number of hydrogen-bond donors (Lipinski definition) is 1. The topological polar surface area (TPSA) is 56.9 Å². The van der Waals surface area contributed by atoms with E-state index in [1.165, 1.54) is 0 Å². The molecule has 0 amide bonds. The third-order valence-electron chi connectivity index (χ3n) is 1.90. The zero-order chi connectivity index (χ0) is 11.4. The summed E-state index contributed by atoms with van der Waals surface area (Å²) in [6.07, 6.45) is -1.88. The molecule has 0 saturated heterocycles. The van der Waals surface area contributed by atoms with E-state index in [0.717, 1.165) is 6.20 Å². The molecular weight excluding hydrogens is 270 g/mol. The first-order valence-electron chi connectivity index (χ1n) is 4.02. The molecule has 0 aliphatic carbocycles. The van der Waals surface area contributed by atoms with Crippen LogP contribution in [0.3, 0.4) is 0 Å². The molecule has 0 atom stereocenters. The fourth-order valence-electron chi connectivity index (χ4n) is 1.21. The molecule has 1 heterocycles. The number of alkyl halides is 3. The van der Waals surface area contributed by atoms with E-state index in [2.05, 4.69) is 20.9 Å². The summed E-state index contributed by atoms with van der Waals surface area (Å²) in [5.74, 6) is -0.226. The van der Waals surface area contributed by atoms with E-state index in [9.17, 15) is 13.9 Å². The van der Waals surface area contributed by atoms with Crippen molar-refractivity contribution in [1.82, 2.24) is 4.98 Å². The van der Waals surface area contributed by atoms with Crippen LogP contribution >= 0.6 is 15.9 Å². The molecule has 0 fully saturated rings. The van der Waals surface area contributed by atoms with E-state index in [0.29, 0.717) is 0 Å². The highest BCUT2D eigenvalue weighted by Crippen LogP contribution is 2.30. The van der Waals surface area contributed by atoms with Crippen LogP contribution in [0.15, 0.2) is 6.20 Å². The molecule has 0 saturated carbocycles. The third-order valence-corrected chi connectivity index (χ3v) is 2.47. The van der Waals surface area contributed by atoms with Gasteiger partial charge in [0.2, 0.25) is 0 Å². The molecule has 3 nitrogen and oxygen atoms in total. The standard InChI is InChI=1S/C9H7BrF2N2O/c10-3-6-5(1-2-13)7(15)4-14-8(6)9(11)12/h4,9,15H,1,3H2. The SMILES string of the molecule is N#CCc1c(O)cnc(C(F)F)c1CBr. The first-order valence-corrected chi connectivity index (χ1v) is 5.14. The predicted molar refractivity (Wildman–Crippen MR) is 52.8 cm³/mol. The monoisotopic (exact) mass is 276 g/mol. The van der Waals surface area contributed by atoms with Crippen LogP contribution in [0, 0.1) is 11.3 Å². The highest BCUT2D eigenvalue weighted by molar-refractivity contribution is 9.08. The molecule has 15 heavy (non-hydrogen) atoms. The third kappa shape index (κ3) is 2.42. The Hall–Kier alpha value is -1.22. The maximum absolute atomic E-state index is 12.5. The van der Waals surface area contributed by atoms with E-state index < -0.39 is 12.1 Å². The van der Waals surface area contributed by atoms with E-state index >= 15 is 0 Å². The van der Waals surface area contributed by atoms with Gasteiger partial charge in [-0.15, -0.1) is 0 Å². The van der Waals surface area contributed by atoms with Crippen molar-refractivity contribution in [3.8, 4) is 11.8 Å². The summed E-state index contributed by atoms with van der Waals surface area (Å²) < 4.78 is 25.0. The van der Waals surface area contributed by atoms with Gasteiger partial charge in [-0.05, 0) is 5.56 Å². The minimum absolute atomic E-state index is 0.116. The second-order valence-electron chi connectivity index (χ2n) is 2.76. The van der Waals surface area contributed by atoms with Crippen molar-refractivity contribution in [2.45, 2.75) is 18.2 Å². The van der Waals surface area contributed by atoms with Crippen molar-refractivity contribution in [3.63, 3.8) is 0 Å². The Bertz CT molecular complexity index is 404. The first-order chi connectivity index (χ1) is 7.11. The number of hydrogen-bond acceptors (Lipinski definition) is 3. The summed E-state index contributed by atoms with van der Waals surface area (Å²) in [7, 11) is 0. The highest BCUT2D eigenvalue weighted by Gasteiger charge is 2.19. The Kier molecular flexibility index (Phi) is 3.97. The van der Waals surface area contributed by atoms with Gasteiger partial charge in [0, 0.05) is 10.9 Å². The number of rotatable bonds is 3. The Morgan fingerprint density at radius 3 is 2.67 bits per heavy atom. The molecule has 0 aliphatic rings. The van der Waals surface area contributed by atoms with Gasteiger partial charge in [-0.25, -0.2) is 8.78 Å². The zero-order valence-corrected chi connectivity index (χ0v) is 9.13. The number of nitrogens with zero attached hydrogens (tertiary/aromatic N) is 2. The fourth-order valence-corrected chi connectivity index (χ4v) is 1.83. The minimum atomic E-state index is -2.71. The van der Waals surface area contributed by atoms with Crippen LogP contribution in [-0.4, -0.2) is 10.1 Å². The number of halogens is 3. The van der Waals surface area contributed by atoms with Crippen molar-refractivity contribution in [2.75, 3.05) is 0 Å². The van der Waals surface area contributed by atoms with Crippen molar-refractivity contribution >= 4 is 15.9 Å². The van der Waals surface area contributed by atoms with Gasteiger partial charge in [0.1, 0.15) is 11.4 Å². The van der Waals surface area contributed by atoms with Gasteiger partial charge in [0.25, 0.3) is 6.43 Å². The molecule has 1 rings (SSSR count). The molecule has 1 aromatic heterocycles. The Morgan fingerprint density at radius 1 is 1.53 bits per heavy atom. The average Bonchev–Trinajstić information content (AvgIpc) is 2.20. The van der Waals surface area contributed by atoms with Crippen LogP contribution < -0.4 is 0 Å². The number of aromatic nitrogens is 1. The quantitative estimate of drug-likeness (QED) is 0.864. The second kappa shape index (κ2) is 5.03. The van der Waals surface area contributed by atoms with Gasteiger partial charge in [0.15, 0.2) is 0 Å². The fraction of sp³-hybridized carbons (Fsp3) is 0.333. The predicted octanol–water partition coefficient (Wildman–Crippen LogP) is 2.69. The summed E-state index contributed by atoms with van der Waals surface area (Å²) in [6, 6.07) is 1.81. The van der Waals surface area contributed by atoms with Crippen LogP contribution in [0.1, 0.15) is 23.2 Å². The van der Waals surface area contributed by atoms with Gasteiger partial charge in [0.05, 0.1) is 18.7 Å². The van der Waals surface area contributed by atoms with Crippen molar-refractivity contribution < 1.29 is 13.9 Å². The Labute approximate surface area is 93.5 Å². The van der Waals surface area contributed by atoms with E-state index in [1.807, 2.05) is 6.07 Å². The van der Waals surface area contributed by atoms with Gasteiger partial charge in [-0.2, -0.15) is 5.26 Å². The molecule has 0 aliphatic heterocycles. The molecular formula is C9H7BrF2N2O. The summed E-state index contributed by atoms with van der Waals surface area (Å²) in [5, 5.41) is 18.0. The maximum Gasteiger partial charge on any atom is 0.280 e. The molecule has 0 aromatic carbocycles. The number of aromatic hydroxyl groups is 1. The molecule has 0 radical (unpaired) electrons. The Balaban J connectivity index is 3.34. The number of nitriles is 1. The van der Waals surface area contributed by atoms with E-state index in [1.54, 1.807) is 0 Å². The first kappa shape index (κ1) is 11.9. The van der Waals surface area contributed by atoms with E-state index in [-0.39, 0.29) is 28.6 Å². The minimum Gasteiger partial charge on any atom is -0.506 e. The maximum atomic E-state index is 12.5. The summed E-state index contributed by atoms with van der Waals surface area (Å²) in [4.78, 5) is 3.45. The lowest BCUT2D eigenvalue weighted by molar-refractivity contribution is 0.145. The van der Waals surface area contributed by atoms with Crippen molar-refractivity contribution in [2.24, 2.45) is 0 Å². The van der Waals surface area contributed by atoms with Crippen LogP contribution in [0.4, 0.5) is 8.78 Å². The normalized spacial score (nSPS) is 10.3. The Morgan fingerprint density at radius 2 is 2.20 bits per heavy atom. The molecule has 0 spiro atoms. The largest absolute Gasteiger partial charge is 0.506 e. The lowest BCUT2D eigenvalue weighted by Gasteiger charge is -2.10.